The number of thioether (sulfide) groups is 1. The molecule has 0 aliphatic rings. The third-order valence-corrected chi connectivity index (χ3v) is 4.56. The van der Waals surface area contributed by atoms with E-state index >= 15 is 0 Å². The molecule has 0 amide bonds. The molecule has 2 N–H and O–H groups in total. The molecule has 90 valence electrons. The van der Waals surface area contributed by atoms with Gasteiger partial charge in [-0.2, -0.15) is 0 Å². The van der Waals surface area contributed by atoms with Crippen molar-refractivity contribution in [3.8, 4) is 0 Å². The number of nitrogens with zero attached hydrogens (tertiary/aromatic N) is 1. The Hall–Kier alpha value is -0.540. The second-order valence-electron chi connectivity index (χ2n) is 4.13. The molecule has 0 saturated carbocycles. The summed E-state index contributed by atoms with van der Waals surface area (Å²) in [5, 5.41) is 1.04. The minimum atomic E-state index is 0.224. The Morgan fingerprint density at radius 2 is 1.88 bits per heavy atom. The van der Waals surface area contributed by atoms with Crippen LogP contribution < -0.4 is 5.73 Å². The Labute approximate surface area is 103 Å². The molecule has 3 unspecified atom stereocenters. The van der Waals surface area contributed by atoms with Crippen LogP contribution in [0.2, 0.25) is 0 Å². The topological polar surface area (TPSA) is 38.9 Å². The molecule has 1 heterocycles. The zero-order valence-corrected chi connectivity index (χ0v) is 11.2. The average molecular weight is 238 g/mol. The van der Waals surface area contributed by atoms with Gasteiger partial charge in [0.1, 0.15) is 0 Å². The minimum Gasteiger partial charge on any atom is -0.326 e. The maximum Gasteiger partial charge on any atom is 0.0452 e. The molecule has 1 aromatic rings. The van der Waals surface area contributed by atoms with Gasteiger partial charge in [-0.3, -0.25) is 4.98 Å². The number of rotatable bonds is 6. The maximum atomic E-state index is 6.21. The van der Waals surface area contributed by atoms with Crippen molar-refractivity contribution in [2.45, 2.75) is 50.2 Å². The lowest BCUT2D eigenvalue weighted by Crippen LogP contribution is -2.26. The summed E-state index contributed by atoms with van der Waals surface area (Å²) in [5.41, 5.74) is 7.51. The van der Waals surface area contributed by atoms with Crippen LogP contribution in [0.15, 0.2) is 24.5 Å². The fourth-order valence-corrected chi connectivity index (χ4v) is 2.94. The smallest absolute Gasteiger partial charge is 0.0452 e. The number of pyridine rings is 1. The van der Waals surface area contributed by atoms with E-state index in [1.54, 1.807) is 0 Å². The van der Waals surface area contributed by atoms with Gasteiger partial charge < -0.3 is 5.73 Å². The molecule has 1 rings (SSSR count). The summed E-state index contributed by atoms with van der Waals surface area (Å²) in [6, 6.07) is 4.38. The van der Waals surface area contributed by atoms with E-state index in [2.05, 4.69) is 37.9 Å². The summed E-state index contributed by atoms with van der Waals surface area (Å²) in [7, 11) is 0. The van der Waals surface area contributed by atoms with Gasteiger partial charge in [-0.1, -0.05) is 20.8 Å². The standard InChI is InChI=1S/C13H22N2S/c1-4-10(3)16-13(12(14)5-2)11-6-8-15-9-7-11/h6-10,12-13H,4-5,14H2,1-3H3. The van der Waals surface area contributed by atoms with Crippen LogP contribution in [0.4, 0.5) is 0 Å². The van der Waals surface area contributed by atoms with E-state index in [4.69, 9.17) is 5.73 Å². The van der Waals surface area contributed by atoms with E-state index < -0.39 is 0 Å². The fourth-order valence-electron chi connectivity index (χ4n) is 1.54. The van der Waals surface area contributed by atoms with Crippen LogP contribution >= 0.6 is 11.8 Å². The van der Waals surface area contributed by atoms with Crippen molar-refractivity contribution in [1.82, 2.24) is 4.98 Å². The van der Waals surface area contributed by atoms with Crippen LogP contribution in [0, 0.1) is 0 Å². The quantitative estimate of drug-likeness (QED) is 0.825. The molecule has 0 aliphatic carbocycles. The molecule has 0 bridgehead atoms. The van der Waals surface area contributed by atoms with E-state index in [-0.39, 0.29) is 6.04 Å². The Morgan fingerprint density at radius 3 is 2.38 bits per heavy atom. The summed E-state index contributed by atoms with van der Waals surface area (Å²) in [4.78, 5) is 4.06. The third kappa shape index (κ3) is 3.80. The largest absolute Gasteiger partial charge is 0.326 e. The molecular weight excluding hydrogens is 216 g/mol. The summed E-state index contributed by atoms with van der Waals surface area (Å²) in [5.74, 6) is 0. The van der Waals surface area contributed by atoms with Gasteiger partial charge in [0.2, 0.25) is 0 Å². The Morgan fingerprint density at radius 1 is 1.25 bits per heavy atom. The highest BCUT2D eigenvalue weighted by atomic mass is 32.2. The molecule has 0 aliphatic heterocycles. The lowest BCUT2D eigenvalue weighted by Gasteiger charge is -2.25. The predicted octanol–water partition coefficient (Wildman–Crippen LogP) is 3.39. The lowest BCUT2D eigenvalue weighted by molar-refractivity contribution is 0.631. The molecular formula is C13H22N2S. The van der Waals surface area contributed by atoms with Crippen molar-refractivity contribution in [1.29, 1.82) is 0 Å². The van der Waals surface area contributed by atoms with Crippen molar-refractivity contribution in [2.75, 3.05) is 0 Å². The van der Waals surface area contributed by atoms with Crippen molar-refractivity contribution < 1.29 is 0 Å². The van der Waals surface area contributed by atoms with Crippen molar-refractivity contribution in [3.05, 3.63) is 30.1 Å². The van der Waals surface area contributed by atoms with Crippen molar-refractivity contribution in [2.24, 2.45) is 5.73 Å². The van der Waals surface area contributed by atoms with E-state index in [0.29, 0.717) is 10.5 Å². The molecule has 0 fully saturated rings. The number of aromatic nitrogens is 1. The van der Waals surface area contributed by atoms with Gasteiger partial charge >= 0.3 is 0 Å². The molecule has 1 aromatic heterocycles. The monoisotopic (exact) mass is 238 g/mol. The van der Waals surface area contributed by atoms with Gasteiger partial charge in [0.15, 0.2) is 0 Å². The summed E-state index contributed by atoms with van der Waals surface area (Å²) < 4.78 is 0. The predicted molar refractivity (Wildman–Crippen MR) is 72.6 cm³/mol. The van der Waals surface area contributed by atoms with Crippen molar-refractivity contribution >= 4 is 11.8 Å². The first-order valence-electron chi connectivity index (χ1n) is 6.00. The Bertz CT molecular complexity index is 289. The lowest BCUT2D eigenvalue weighted by atomic mass is 10.1. The zero-order valence-electron chi connectivity index (χ0n) is 10.4. The van der Waals surface area contributed by atoms with Crippen molar-refractivity contribution in [3.63, 3.8) is 0 Å². The van der Waals surface area contributed by atoms with Crippen LogP contribution in [0.25, 0.3) is 0 Å². The van der Waals surface area contributed by atoms with Gasteiger partial charge in [0, 0.05) is 28.9 Å². The molecule has 0 saturated heterocycles. The molecule has 0 spiro atoms. The van der Waals surface area contributed by atoms with Crippen LogP contribution in [0.5, 0.6) is 0 Å². The number of nitrogens with two attached hydrogens (primary N) is 1. The minimum absolute atomic E-state index is 0.224. The summed E-state index contributed by atoms with van der Waals surface area (Å²) in [6.07, 6.45) is 5.89. The van der Waals surface area contributed by atoms with Gasteiger partial charge in [-0.15, -0.1) is 11.8 Å². The van der Waals surface area contributed by atoms with E-state index in [9.17, 15) is 0 Å². The van der Waals surface area contributed by atoms with E-state index in [0.717, 1.165) is 6.42 Å². The SMILES string of the molecule is CCC(C)SC(c1ccncc1)C(N)CC. The average Bonchev–Trinajstić information content (AvgIpc) is 2.35. The molecule has 3 heteroatoms. The van der Waals surface area contributed by atoms with Gasteiger partial charge in [0.05, 0.1) is 0 Å². The molecule has 16 heavy (non-hydrogen) atoms. The highest BCUT2D eigenvalue weighted by molar-refractivity contribution is 8.00. The first-order chi connectivity index (χ1) is 7.69. The van der Waals surface area contributed by atoms with Gasteiger partial charge in [0.25, 0.3) is 0 Å². The maximum absolute atomic E-state index is 6.21. The Balaban J connectivity index is 2.79. The first kappa shape index (κ1) is 13.5. The van der Waals surface area contributed by atoms with E-state index in [1.165, 1.54) is 12.0 Å². The normalized spacial score (nSPS) is 16.8. The zero-order chi connectivity index (χ0) is 12.0. The van der Waals surface area contributed by atoms with Gasteiger partial charge in [-0.05, 0) is 30.5 Å². The Kier molecular flexibility index (Phi) is 5.85. The number of hydrogen-bond donors (Lipinski definition) is 1. The van der Waals surface area contributed by atoms with E-state index in [1.807, 2.05) is 24.2 Å². The molecule has 3 atom stereocenters. The summed E-state index contributed by atoms with van der Waals surface area (Å²) >= 11 is 1.98. The van der Waals surface area contributed by atoms with Crippen LogP contribution in [-0.4, -0.2) is 16.3 Å². The fraction of sp³-hybridized carbons (Fsp3) is 0.615. The molecule has 0 radical (unpaired) electrons. The highest BCUT2D eigenvalue weighted by Gasteiger charge is 2.20. The highest BCUT2D eigenvalue weighted by Crippen LogP contribution is 2.36. The second-order valence-corrected chi connectivity index (χ2v) is 5.71. The molecule has 0 aromatic carbocycles. The third-order valence-electron chi connectivity index (χ3n) is 2.85. The van der Waals surface area contributed by atoms with Crippen LogP contribution in [-0.2, 0) is 0 Å². The van der Waals surface area contributed by atoms with Gasteiger partial charge in [-0.25, -0.2) is 0 Å². The van der Waals surface area contributed by atoms with Crippen LogP contribution in [0.3, 0.4) is 0 Å². The molecule has 2 nitrogen and oxygen atoms in total. The first-order valence-corrected chi connectivity index (χ1v) is 6.94. The number of hydrogen-bond acceptors (Lipinski definition) is 3. The second kappa shape index (κ2) is 6.92. The summed E-state index contributed by atoms with van der Waals surface area (Å²) in [6.45, 7) is 6.63. The van der Waals surface area contributed by atoms with Crippen LogP contribution in [0.1, 0.15) is 44.4 Å².